The van der Waals surface area contributed by atoms with E-state index in [1.54, 1.807) is 12.3 Å². The van der Waals surface area contributed by atoms with Crippen LogP contribution < -0.4 is 5.73 Å². The Kier molecular flexibility index (Phi) is 2.82. The van der Waals surface area contributed by atoms with Gasteiger partial charge in [0.15, 0.2) is 5.13 Å². The number of thiazole rings is 1. The van der Waals surface area contributed by atoms with E-state index in [0.29, 0.717) is 23.3 Å². The highest BCUT2D eigenvalue weighted by Gasteiger charge is 2.15. The van der Waals surface area contributed by atoms with Crippen LogP contribution in [0.3, 0.4) is 0 Å². The normalized spacial score (nSPS) is 10.3. The highest BCUT2D eigenvalue weighted by atomic mass is 32.1. The Labute approximate surface area is 94.7 Å². The van der Waals surface area contributed by atoms with E-state index in [4.69, 9.17) is 10.5 Å². The molecular formula is C8H9N5O2S. The van der Waals surface area contributed by atoms with Crippen molar-refractivity contribution in [2.75, 3.05) is 12.3 Å². The number of aromatic nitrogens is 4. The number of nitrogens with one attached hydrogen (secondary N) is 1. The predicted octanol–water partition coefficient (Wildman–Crippen LogP) is 0.687. The average molecular weight is 239 g/mol. The van der Waals surface area contributed by atoms with Gasteiger partial charge in [-0.15, -0.1) is 11.3 Å². The Morgan fingerprint density at radius 2 is 2.44 bits per heavy atom. The lowest BCUT2D eigenvalue weighted by atomic mass is 10.5. The van der Waals surface area contributed by atoms with Crippen molar-refractivity contribution in [3.63, 3.8) is 0 Å². The second-order valence-corrected chi connectivity index (χ2v) is 3.69. The minimum atomic E-state index is -0.538. The molecule has 84 valence electrons. The van der Waals surface area contributed by atoms with Gasteiger partial charge < -0.3 is 10.5 Å². The number of carbonyl (C=O) groups is 1. The number of nitrogens with zero attached hydrogens (tertiary/aromatic N) is 3. The molecule has 0 saturated carbocycles. The second-order valence-electron chi connectivity index (χ2n) is 2.80. The molecule has 0 aromatic carbocycles. The lowest BCUT2D eigenvalue weighted by molar-refractivity contribution is 0.0512. The van der Waals surface area contributed by atoms with E-state index in [2.05, 4.69) is 20.2 Å². The van der Waals surface area contributed by atoms with Gasteiger partial charge in [-0.05, 0) is 6.92 Å². The van der Waals surface area contributed by atoms with Crippen LogP contribution in [0.5, 0.6) is 0 Å². The predicted molar refractivity (Wildman–Crippen MR) is 57.9 cm³/mol. The fourth-order valence-corrected chi connectivity index (χ4v) is 1.60. The van der Waals surface area contributed by atoms with Crippen LogP contribution >= 0.6 is 11.3 Å². The molecule has 0 aliphatic heterocycles. The van der Waals surface area contributed by atoms with Gasteiger partial charge >= 0.3 is 5.97 Å². The van der Waals surface area contributed by atoms with E-state index in [1.165, 1.54) is 11.3 Å². The lowest BCUT2D eigenvalue weighted by Crippen LogP contribution is -2.06. The summed E-state index contributed by atoms with van der Waals surface area (Å²) in [6.07, 6.45) is 0. The van der Waals surface area contributed by atoms with Crippen molar-refractivity contribution >= 4 is 22.4 Å². The van der Waals surface area contributed by atoms with Crippen LogP contribution in [-0.2, 0) is 4.74 Å². The molecule has 2 rings (SSSR count). The second kappa shape index (κ2) is 4.27. The third kappa shape index (κ3) is 2.01. The van der Waals surface area contributed by atoms with E-state index in [1.807, 2.05) is 0 Å². The van der Waals surface area contributed by atoms with Gasteiger partial charge in [0.25, 0.3) is 0 Å². The maximum absolute atomic E-state index is 11.3. The van der Waals surface area contributed by atoms with Gasteiger partial charge in [-0.25, -0.2) is 9.78 Å². The number of anilines is 1. The number of nitrogens with two attached hydrogens (primary N) is 1. The number of rotatable bonds is 3. The fraction of sp³-hybridized carbons (Fsp3) is 0.250. The molecule has 0 radical (unpaired) electrons. The standard InChI is InChI=1S/C8H9N5O2S/c1-2-15-7(14)6-11-5(12-13-6)4-3-16-8(9)10-4/h3H,2H2,1H3,(H2,9,10)(H,11,12,13). The minimum Gasteiger partial charge on any atom is -0.460 e. The van der Waals surface area contributed by atoms with Gasteiger partial charge in [-0.3, -0.25) is 5.10 Å². The number of hydrogen-bond acceptors (Lipinski definition) is 7. The number of H-pyrrole nitrogens is 1. The van der Waals surface area contributed by atoms with E-state index in [0.717, 1.165) is 0 Å². The Bertz CT molecular complexity index is 506. The first-order chi connectivity index (χ1) is 7.70. The number of carbonyl (C=O) groups excluding carboxylic acids is 1. The molecule has 0 saturated heterocycles. The van der Waals surface area contributed by atoms with Crippen molar-refractivity contribution in [1.29, 1.82) is 0 Å². The smallest absolute Gasteiger partial charge is 0.375 e. The van der Waals surface area contributed by atoms with Crippen molar-refractivity contribution in [2.24, 2.45) is 0 Å². The van der Waals surface area contributed by atoms with Crippen molar-refractivity contribution in [1.82, 2.24) is 20.2 Å². The molecule has 2 heterocycles. The van der Waals surface area contributed by atoms with Gasteiger partial charge in [0.2, 0.25) is 11.6 Å². The third-order valence-corrected chi connectivity index (χ3v) is 2.38. The van der Waals surface area contributed by atoms with Crippen LogP contribution in [0.4, 0.5) is 5.13 Å². The molecular weight excluding hydrogens is 230 g/mol. The number of hydrogen-bond donors (Lipinski definition) is 2. The molecule has 8 heteroatoms. The van der Waals surface area contributed by atoms with Crippen molar-refractivity contribution in [2.45, 2.75) is 6.92 Å². The number of esters is 1. The van der Waals surface area contributed by atoms with Gasteiger partial charge in [-0.1, -0.05) is 0 Å². The number of aromatic amines is 1. The molecule has 0 fully saturated rings. The average Bonchev–Trinajstić information content (AvgIpc) is 2.85. The minimum absolute atomic E-state index is 0.0587. The number of nitrogen functional groups attached to an aromatic ring is 1. The van der Waals surface area contributed by atoms with E-state index in [9.17, 15) is 4.79 Å². The van der Waals surface area contributed by atoms with Crippen LogP contribution in [0.2, 0.25) is 0 Å². The highest BCUT2D eigenvalue weighted by Crippen LogP contribution is 2.19. The Hall–Kier alpha value is -1.96. The first-order valence-electron chi connectivity index (χ1n) is 4.51. The van der Waals surface area contributed by atoms with Crippen molar-refractivity contribution < 1.29 is 9.53 Å². The molecule has 0 amide bonds. The zero-order valence-corrected chi connectivity index (χ0v) is 9.24. The Balaban J connectivity index is 2.22. The monoisotopic (exact) mass is 239 g/mol. The van der Waals surface area contributed by atoms with E-state index < -0.39 is 5.97 Å². The number of ether oxygens (including phenoxy) is 1. The van der Waals surface area contributed by atoms with Crippen LogP contribution in [-0.4, -0.2) is 32.7 Å². The maximum Gasteiger partial charge on any atom is 0.375 e. The molecule has 0 atom stereocenters. The topological polar surface area (TPSA) is 107 Å². The summed E-state index contributed by atoms with van der Waals surface area (Å²) in [5, 5.41) is 8.48. The summed E-state index contributed by atoms with van der Waals surface area (Å²) < 4.78 is 4.77. The summed E-state index contributed by atoms with van der Waals surface area (Å²) in [7, 11) is 0. The molecule has 7 nitrogen and oxygen atoms in total. The zero-order valence-electron chi connectivity index (χ0n) is 8.43. The first-order valence-corrected chi connectivity index (χ1v) is 5.39. The van der Waals surface area contributed by atoms with Crippen LogP contribution in [0, 0.1) is 0 Å². The molecule has 2 aromatic heterocycles. The van der Waals surface area contributed by atoms with Gasteiger partial charge in [0.05, 0.1) is 6.61 Å². The quantitative estimate of drug-likeness (QED) is 0.763. The summed E-state index contributed by atoms with van der Waals surface area (Å²) in [5.74, 6) is -0.149. The van der Waals surface area contributed by atoms with Gasteiger partial charge in [-0.2, -0.15) is 10.1 Å². The lowest BCUT2D eigenvalue weighted by Gasteiger charge is -1.94. The van der Waals surface area contributed by atoms with E-state index >= 15 is 0 Å². The largest absolute Gasteiger partial charge is 0.460 e. The molecule has 0 aliphatic carbocycles. The highest BCUT2D eigenvalue weighted by molar-refractivity contribution is 7.13. The van der Waals surface area contributed by atoms with Crippen LogP contribution in [0.15, 0.2) is 5.38 Å². The van der Waals surface area contributed by atoms with Gasteiger partial charge in [0.1, 0.15) is 5.69 Å². The molecule has 0 aliphatic rings. The van der Waals surface area contributed by atoms with Crippen LogP contribution in [0.25, 0.3) is 11.5 Å². The Morgan fingerprint density at radius 3 is 3.06 bits per heavy atom. The molecule has 16 heavy (non-hydrogen) atoms. The van der Waals surface area contributed by atoms with E-state index in [-0.39, 0.29) is 5.82 Å². The SMILES string of the molecule is CCOC(=O)c1nc(-c2csc(N)n2)n[nH]1. The molecule has 0 spiro atoms. The van der Waals surface area contributed by atoms with Crippen LogP contribution in [0.1, 0.15) is 17.5 Å². The molecule has 2 aromatic rings. The maximum atomic E-state index is 11.3. The molecule has 0 bridgehead atoms. The third-order valence-electron chi connectivity index (χ3n) is 1.71. The fourth-order valence-electron chi connectivity index (χ4n) is 1.06. The molecule has 3 N–H and O–H groups in total. The summed E-state index contributed by atoms with van der Waals surface area (Å²) in [6.45, 7) is 2.01. The van der Waals surface area contributed by atoms with Crippen molar-refractivity contribution in [3.8, 4) is 11.5 Å². The summed E-state index contributed by atoms with van der Waals surface area (Å²) in [6, 6.07) is 0. The summed E-state index contributed by atoms with van der Waals surface area (Å²) in [5.41, 5.74) is 6.02. The summed E-state index contributed by atoms with van der Waals surface area (Å²) >= 11 is 1.28. The zero-order chi connectivity index (χ0) is 11.5. The van der Waals surface area contributed by atoms with Gasteiger partial charge in [0, 0.05) is 5.38 Å². The summed E-state index contributed by atoms with van der Waals surface area (Å²) in [4.78, 5) is 19.3. The molecule has 0 unspecified atom stereocenters. The van der Waals surface area contributed by atoms with Crippen molar-refractivity contribution in [3.05, 3.63) is 11.2 Å². The Morgan fingerprint density at radius 1 is 1.62 bits per heavy atom. The first kappa shape index (κ1) is 10.6.